The second-order valence-corrected chi connectivity index (χ2v) is 7.33. The number of phenols is 1. The summed E-state index contributed by atoms with van der Waals surface area (Å²) in [4.78, 5) is 12.5. The van der Waals surface area contributed by atoms with E-state index in [1.165, 1.54) is 5.57 Å². The van der Waals surface area contributed by atoms with Gasteiger partial charge in [-0.3, -0.25) is 4.79 Å². The van der Waals surface area contributed by atoms with Crippen LogP contribution >= 0.6 is 0 Å². The van der Waals surface area contributed by atoms with Gasteiger partial charge in [-0.2, -0.15) is 0 Å². The van der Waals surface area contributed by atoms with Gasteiger partial charge in [-0.15, -0.1) is 0 Å². The third kappa shape index (κ3) is 4.14. The first-order valence-corrected chi connectivity index (χ1v) is 8.10. The number of aliphatic hydroxyl groups excluding tert-OH is 1. The lowest BCUT2D eigenvalue weighted by molar-refractivity contribution is -0.124. The zero-order valence-corrected chi connectivity index (χ0v) is 14.3. The number of carbonyl (C=O) groups is 1. The van der Waals surface area contributed by atoms with Crippen molar-refractivity contribution < 1.29 is 15.0 Å². The van der Waals surface area contributed by atoms with Gasteiger partial charge in [-0.05, 0) is 49.3 Å². The second-order valence-electron chi connectivity index (χ2n) is 7.33. The van der Waals surface area contributed by atoms with Gasteiger partial charge >= 0.3 is 0 Å². The van der Waals surface area contributed by atoms with Crippen LogP contribution in [-0.2, 0) is 11.2 Å². The number of allylic oxidation sites excluding steroid dienone is 2. The molecule has 0 saturated heterocycles. The molecule has 0 radical (unpaired) electrons. The zero-order chi connectivity index (χ0) is 17.2. The van der Waals surface area contributed by atoms with Crippen LogP contribution in [0.25, 0.3) is 0 Å². The molecule has 1 saturated carbocycles. The van der Waals surface area contributed by atoms with Crippen molar-refractivity contribution in [2.75, 3.05) is 6.61 Å². The standard InChI is InChI=1S/C19H27NO3/c1-12(2)9-16-17(19(16,3)4)18(23)20-14(11-21)10-13-5-7-15(22)8-6-13/h5-9,14,16-17,21-22H,10-11H2,1-4H3,(H,20,23)/t14-,16?,17?/m0/s1. The third-order valence-corrected chi connectivity index (χ3v) is 4.69. The molecular formula is C19H27NO3. The minimum Gasteiger partial charge on any atom is -0.508 e. The van der Waals surface area contributed by atoms with Gasteiger partial charge in [0.15, 0.2) is 0 Å². The van der Waals surface area contributed by atoms with Gasteiger partial charge in [0, 0.05) is 0 Å². The number of amides is 1. The molecular weight excluding hydrogens is 290 g/mol. The Kier molecular flexibility index (Phi) is 5.15. The summed E-state index contributed by atoms with van der Waals surface area (Å²) >= 11 is 0. The highest BCUT2D eigenvalue weighted by Gasteiger charge is 2.60. The first-order chi connectivity index (χ1) is 10.8. The van der Waals surface area contributed by atoms with E-state index < -0.39 is 0 Å². The molecule has 2 unspecified atom stereocenters. The fourth-order valence-corrected chi connectivity index (χ4v) is 3.22. The lowest BCUT2D eigenvalue weighted by Crippen LogP contribution is -2.40. The fraction of sp³-hybridized carbons (Fsp3) is 0.526. The molecule has 0 heterocycles. The fourth-order valence-electron chi connectivity index (χ4n) is 3.22. The normalized spacial score (nSPS) is 23.0. The van der Waals surface area contributed by atoms with Crippen LogP contribution < -0.4 is 5.32 Å². The van der Waals surface area contributed by atoms with Crippen molar-refractivity contribution in [3.05, 3.63) is 41.5 Å². The molecule has 4 nitrogen and oxygen atoms in total. The van der Waals surface area contributed by atoms with Gasteiger partial charge in [-0.1, -0.05) is 37.6 Å². The first kappa shape index (κ1) is 17.5. The SMILES string of the molecule is CC(C)=CC1C(C(=O)N[C@H](CO)Cc2ccc(O)cc2)C1(C)C. The summed E-state index contributed by atoms with van der Waals surface area (Å²) < 4.78 is 0. The molecule has 1 aromatic carbocycles. The Morgan fingerprint density at radius 3 is 2.43 bits per heavy atom. The Morgan fingerprint density at radius 1 is 1.30 bits per heavy atom. The van der Waals surface area contributed by atoms with Crippen LogP contribution in [0.1, 0.15) is 33.3 Å². The Hall–Kier alpha value is -1.81. The van der Waals surface area contributed by atoms with Crippen LogP contribution in [0.4, 0.5) is 0 Å². The van der Waals surface area contributed by atoms with Crippen molar-refractivity contribution in [1.29, 1.82) is 0 Å². The zero-order valence-electron chi connectivity index (χ0n) is 14.3. The molecule has 0 spiro atoms. The van der Waals surface area contributed by atoms with E-state index in [4.69, 9.17) is 0 Å². The topological polar surface area (TPSA) is 69.6 Å². The van der Waals surface area contributed by atoms with Crippen molar-refractivity contribution in [2.45, 2.75) is 40.2 Å². The van der Waals surface area contributed by atoms with Gasteiger partial charge in [0.25, 0.3) is 0 Å². The van der Waals surface area contributed by atoms with Crippen LogP contribution in [-0.4, -0.2) is 28.8 Å². The van der Waals surface area contributed by atoms with E-state index in [2.05, 4.69) is 25.2 Å². The minimum atomic E-state index is -0.309. The predicted molar refractivity (Wildman–Crippen MR) is 91.0 cm³/mol. The van der Waals surface area contributed by atoms with Gasteiger partial charge in [0.2, 0.25) is 5.91 Å². The van der Waals surface area contributed by atoms with Crippen molar-refractivity contribution >= 4 is 5.91 Å². The summed E-state index contributed by atoms with van der Waals surface area (Å²) in [6.45, 7) is 8.20. The molecule has 23 heavy (non-hydrogen) atoms. The Labute approximate surface area is 138 Å². The number of phenolic OH excluding ortho intramolecular Hbond substituents is 1. The molecule has 1 aromatic rings. The number of benzene rings is 1. The van der Waals surface area contributed by atoms with Gasteiger partial charge in [0.05, 0.1) is 18.6 Å². The highest BCUT2D eigenvalue weighted by molar-refractivity contribution is 5.84. The lowest BCUT2D eigenvalue weighted by atomic mass is 10.1. The van der Waals surface area contributed by atoms with E-state index >= 15 is 0 Å². The number of aliphatic hydroxyl groups is 1. The van der Waals surface area contributed by atoms with Crippen molar-refractivity contribution in [3.63, 3.8) is 0 Å². The van der Waals surface area contributed by atoms with E-state index in [1.807, 2.05) is 13.8 Å². The molecule has 2 rings (SSSR count). The average molecular weight is 317 g/mol. The van der Waals surface area contributed by atoms with E-state index in [9.17, 15) is 15.0 Å². The summed E-state index contributed by atoms with van der Waals surface area (Å²) in [6.07, 6.45) is 2.71. The molecule has 1 fully saturated rings. The number of carbonyl (C=O) groups excluding carboxylic acids is 1. The summed E-state index contributed by atoms with van der Waals surface area (Å²) in [5.41, 5.74) is 2.17. The third-order valence-electron chi connectivity index (χ3n) is 4.69. The number of rotatable bonds is 6. The summed E-state index contributed by atoms with van der Waals surface area (Å²) in [6, 6.07) is 6.52. The van der Waals surface area contributed by atoms with E-state index in [1.54, 1.807) is 24.3 Å². The monoisotopic (exact) mass is 317 g/mol. The molecule has 1 amide bonds. The minimum absolute atomic E-state index is 0.00956. The van der Waals surface area contributed by atoms with Crippen LogP contribution in [0.5, 0.6) is 5.75 Å². The van der Waals surface area contributed by atoms with Crippen molar-refractivity contribution in [1.82, 2.24) is 5.32 Å². The number of nitrogens with one attached hydrogen (secondary N) is 1. The Balaban J connectivity index is 1.98. The molecule has 3 N–H and O–H groups in total. The van der Waals surface area contributed by atoms with Crippen LogP contribution in [0.15, 0.2) is 35.9 Å². The predicted octanol–water partition coefficient (Wildman–Crippen LogP) is 2.65. The number of aromatic hydroxyl groups is 1. The first-order valence-electron chi connectivity index (χ1n) is 8.10. The molecule has 4 heteroatoms. The summed E-state index contributed by atoms with van der Waals surface area (Å²) in [7, 11) is 0. The summed E-state index contributed by atoms with van der Waals surface area (Å²) in [5, 5.41) is 21.8. The van der Waals surface area contributed by atoms with Crippen LogP contribution in [0.3, 0.4) is 0 Å². The number of hydrogen-bond acceptors (Lipinski definition) is 3. The quantitative estimate of drug-likeness (QED) is 0.707. The molecule has 1 aliphatic rings. The highest BCUT2D eigenvalue weighted by Crippen LogP contribution is 2.59. The van der Waals surface area contributed by atoms with Crippen molar-refractivity contribution in [3.8, 4) is 5.75 Å². The molecule has 1 aliphatic carbocycles. The molecule has 0 bridgehead atoms. The Bertz CT molecular complexity index is 585. The molecule has 3 atom stereocenters. The van der Waals surface area contributed by atoms with Crippen LogP contribution in [0, 0.1) is 17.3 Å². The molecule has 0 aliphatic heterocycles. The smallest absolute Gasteiger partial charge is 0.224 e. The number of hydrogen-bond donors (Lipinski definition) is 3. The van der Waals surface area contributed by atoms with Crippen LogP contribution in [0.2, 0.25) is 0 Å². The second kappa shape index (κ2) is 6.75. The maximum Gasteiger partial charge on any atom is 0.224 e. The molecule has 126 valence electrons. The van der Waals surface area contributed by atoms with Crippen molar-refractivity contribution in [2.24, 2.45) is 17.3 Å². The average Bonchev–Trinajstić information content (AvgIpc) is 3.00. The summed E-state index contributed by atoms with van der Waals surface area (Å²) in [5.74, 6) is 0.449. The maximum atomic E-state index is 12.5. The van der Waals surface area contributed by atoms with E-state index in [-0.39, 0.29) is 41.6 Å². The van der Waals surface area contributed by atoms with Gasteiger partial charge in [-0.25, -0.2) is 0 Å². The van der Waals surface area contributed by atoms with Gasteiger partial charge in [0.1, 0.15) is 5.75 Å². The Morgan fingerprint density at radius 2 is 1.91 bits per heavy atom. The van der Waals surface area contributed by atoms with E-state index in [0.29, 0.717) is 6.42 Å². The van der Waals surface area contributed by atoms with E-state index in [0.717, 1.165) is 5.56 Å². The maximum absolute atomic E-state index is 12.5. The lowest BCUT2D eigenvalue weighted by Gasteiger charge is -2.17. The largest absolute Gasteiger partial charge is 0.508 e. The highest BCUT2D eigenvalue weighted by atomic mass is 16.3. The molecule has 0 aromatic heterocycles. The van der Waals surface area contributed by atoms with Gasteiger partial charge < -0.3 is 15.5 Å².